The van der Waals surface area contributed by atoms with Crippen LogP contribution in [0.2, 0.25) is 12.6 Å². The largest absolute Gasteiger partial charge is 0.396 e. The lowest BCUT2D eigenvalue weighted by molar-refractivity contribution is 0.318. The second kappa shape index (κ2) is 4.01. The average molecular weight is 159 g/mol. The summed E-state index contributed by atoms with van der Waals surface area (Å²) in [6, 6.07) is 0.908. The van der Waals surface area contributed by atoms with E-state index in [4.69, 9.17) is 10.8 Å². The van der Waals surface area contributed by atoms with Crippen molar-refractivity contribution in [1.29, 1.82) is 0 Å². The van der Waals surface area contributed by atoms with Gasteiger partial charge in [-0.3, -0.25) is 0 Å². The minimum absolute atomic E-state index is 0.168. The Morgan fingerprint density at radius 3 is 2.40 bits per heavy atom. The molecule has 0 spiro atoms. The molecule has 0 fully saturated rings. The van der Waals surface area contributed by atoms with Crippen LogP contribution >= 0.6 is 0 Å². The third-order valence-corrected chi connectivity index (χ3v) is 3.37. The lowest BCUT2D eigenvalue weighted by Gasteiger charge is -2.13. The van der Waals surface area contributed by atoms with Crippen LogP contribution < -0.4 is 5.73 Å². The highest BCUT2D eigenvalue weighted by atomic mass is 28.2. The maximum Gasteiger partial charge on any atom is 0.0436 e. The molecule has 0 saturated heterocycles. The molecule has 3 N–H and O–H groups in total. The van der Waals surface area contributed by atoms with Gasteiger partial charge in [-0.05, 0) is 19.9 Å². The molecule has 0 aromatic carbocycles. The van der Waals surface area contributed by atoms with Gasteiger partial charge in [0.2, 0.25) is 0 Å². The molecule has 0 bridgehead atoms. The molecule has 2 nitrogen and oxygen atoms in total. The van der Waals surface area contributed by atoms with Gasteiger partial charge in [0.05, 0.1) is 0 Å². The summed E-state index contributed by atoms with van der Waals surface area (Å²) in [5.74, 6) is 0. The zero-order chi connectivity index (χ0) is 8.20. The molecule has 0 aliphatic heterocycles. The van der Waals surface area contributed by atoms with E-state index in [-0.39, 0.29) is 12.1 Å². The molecule has 0 unspecified atom stereocenters. The summed E-state index contributed by atoms with van der Waals surface area (Å²) in [7, 11) is -0.498. The maximum atomic E-state index is 8.60. The first-order valence-electron chi connectivity index (χ1n) is 3.54. The monoisotopic (exact) mass is 159 g/mol. The fourth-order valence-corrected chi connectivity index (χ4v) is 2.65. The van der Waals surface area contributed by atoms with E-state index in [2.05, 4.69) is 12.2 Å². The highest BCUT2D eigenvalue weighted by Crippen LogP contribution is 1.92. The summed E-state index contributed by atoms with van der Waals surface area (Å²) in [6.07, 6.45) is 0. The zero-order valence-corrected chi connectivity index (χ0v) is 8.02. The predicted octanol–water partition coefficient (Wildman–Crippen LogP) is 0.225. The summed E-state index contributed by atoms with van der Waals surface area (Å²) in [4.78, 5) is 0. The van der Waals surface area contributed by atoms with Crippen LogP contribution in [0.1, 0.15) is 13.8 Å². The van der Waals surface area contributed by atoms with E-state index in [1.807, 2.05) is 13.8 Å². The van der Waals surface area contributed by atoms with E-state index in [0.717, 1.165) is 6.04 Å². The molecular weight excluding hydrogens is 142 g/mol. The zero-order valence-electron chi connectivity index (χ0n) is 7.02. The Morgan fingerprint density at radius 2 is 2.10 bits per heavy atom. The Bertz CT molecular complexity index is 126. The Balaban J connectivity index is 3.90. The standard InChI is InChI=1S/C7H17NOSi/c1-7(2,8)6-10(3)5-4-9/h6,9H,4-5,8H2,1-3H3. The molecule has 0 amide bonds. The minimum atomic E-state index is -0.498. The lowest BCUT2D eigenvalue weighted by atomic mass is 10.1. The van der Waals surface area contributed by atoms with Crippen molar-refractivity contribution in [3.8, 4) is 0 Å². The third-order valence-electron chi connectivity index (χ3n) is 1.12. The molecule has 0 aromatic rings. The topological polar surface area (TPSA) is 46.2 Å². The van der Waals surface area contributed by atoms with Crippen molar-refractivity contribution < 1.29 is 5.11 Å². The second-order valence-corrected chi connectivity index (χ2v) is 5.77. The Morgan fingerprint density at radius 1 is 1.60 bits per heavy atom. The fourth-order valence-electron chi connectivity index (χ4n) is 0.884. The van der Waals surface area contributed by atoms with Crippen molar-refractivity contribution >= 4 is 14.1 Å². The first kappa shape index (κ1) is 10.0. The molecule has 0 atom stereocenters. The van der Waals surface area contributed by atoms with Crippen molar-refractivity contribution in [2.24, 2.45) is 5.73 Å². The van der Waals surface area contributed by atoms with Gasteiger partial charge >= 0.3 is 0 Å². The number of rotatable bonds is 3. The Hall–Kier alpha value is 0.00688. The molecule has 3 heteroatoms. The first-order valence-corrected chi connectivity index (χ1v) is 5.82. The van der Waals surface area contributed by atoms with Gasteiger partial charge in [0.1, 0.15) is 0 Å². The van der Waals surface area contributed by atoms with Gasteiger partial charge in [0, 0.05) is 20.6 Å². The fraction of sp³-hybridized carbons (Fsp3) is 0.857. The van der Waals surface area contributed by atoms with Gasteiger partial charge in [0.25, 0.3) is 0 Å². The van der Waals surface area contributed by atoms with Gasteiger partial charge in [-0.1, -0.05) is 12.2 Å². The van der Waals surface area contributed by atoms with E-state index in [9.17, 15) is 0 Å². The molecule has 0 aliphatic carbocycles. The van der Waals surface area contributed by atoms with Crippen LogP contribution in [0, 0.1) is 0 Å². The van der Waals surface area contributed by atoms with Gasteiger partial charge in [-0.15, -0.1) is 0 Å². The van der Waals surface area contributed by atoms with E-state index in [1.165, 1.54) is 0 Å². The molecule has 0 saturated carbocycles. The Labute approximate surface area is 64.3 Å². The summed E-state index contributed by atoms with van der Waals surface area (Å²) >= 11 is 0. The van der Waals surface area contributed by atoms with Gasteiger partial charge in [-0.2, -0.15) is 0 Å². The van der Waals surface area contributed by atoms with E-state index in [0.29, 0.717) is 0 Å². The van der Waals surface area contributed by atoms with Gasteiger partial charge < -0.3 is 10.8 Å². The number of aliphatic hydroxyl groups excluding tert-OH is 1. The highest BCUT2D eigenvalue weighted by Gasteiger charge is 2.05. The molecule has 10 heavy (non-hydrogen) atoms. The van der Waals surface area contributed by atoms with Crippen molar-refractivity contribution in [2.45, 2.75) is 32.0 Å². The van der Waals surface area contributed by atoms with Crippen LogP contribution in [0.4, 0.5) is 0 Å². The number of hydrogen-bond donors (Lipinski definition) is 2. The number of hydrogen-bond acceptors (Lipinski definition) is 2. The smallest absolute Gasteiger partial charge is 0.0436 e. The van der Waals surface area contributed by atoms with Crippen molar-refractivity contribution in [1.82, 2.24) is 0 Å². The van der Waals surface area contributed by atoms with Crippen LogP contribution in [-0.2, 0) is 0 Å². The number of aliphatic hydroxyl groups is 1. The SMILES string of the molecule is C[Si](=CC(C)(C)N)CCO. The van der Waals surface area contributed by atoms with Gasteiger partial charge in [-0.25, -0.2) is 0 Å². The molecule has 0 aromatic heterocycles. The van der Waals surface area contributed by atoms with Crippen molar-refractivity contribution in [3.63, 3.8) is 0 Å². The molecule has 0 aliphatic rings. The van der Waals surface area contributed by atoms with Crippen LogP contribution in [0.5, 0.6) is 0 Å². The summed E-state index contributed by atoms with van der Waals surface area (Å²) in [5, 5.41) is 8.60. The molecular formula is C7H17NOSi. The van der Waals surface area contributed by atoms with Crippen molar-refractivity contribution in [2.75, 3.05) is 6.61 Å². The predicted molar refractivity (Wildman–Crippen MR) is 47.8 cm³/mol. The normalized spacial score (nSPS) is 13.9. The second-order valence-electron chi connectivity index (χ2n) is 3.29. The van der Waals surface area contributed by atoms with E-state index in [1.54, 1.807) is 0 Å². The van der Waals surface area contributed by atoms with Gasteiger partial charge in [0.15, 0.2) is 0 Å². The van der Waals surface area contributed by atoms with E-state index >= 15 is 0 Å². The summed E-state index contributed by atoms with van der Waals surface area (Å²) in [5.41, 5.74) is 7.75. The Kier molecular flexibility index (Phi) is 4.01. The van der Waals surface area contributed by atoms with Crippen LogP contribution in [0.25, 0.3) is 0 Å². The highest BCUT2D eigenvalue weighted by molar-refractivity contribution is 6.65. The molecule has 0 radical (unpaired) electrons. The quantitative estimate of drug-likeness (QED) is 0.579. The maximum absolute atomic E-state index is 8.60. The van der Waals surface area contributed by atoms with E-state index < -0.39 is 8.41 Å². The average Bonchev–Trinajstić information content (AvgIpc) is 1.59. The molecule has 60 valence electrons. The number of nitrogens with two attached hydrogens (primary N) is 1. The van der Waals surface area contributed by atoms with Crippen LogP contribution in [0.3, 0.4) is 0 Å². The van der Waals surface area contributed by atoms with Crippen molar-refractivity contribution in [3.05, 3.63) is 0 Å². The molecule has 0 heterocycles. The van der Waals surface area contributed by atoms with Crippen LogP contribution in [0.15, 0.2) is 0 Å². The third kappa shape index (κ3) is 6.13. The molecule has 0 rings (SSSR count). The summed E-state index contributed by atoms with van der Waals surface area (Å²) in [6.45, 7) is 6.42. The minimum Gasteiger partial charge on any atom is -0.396 e. The summed E-state index contributed by atoms with van der Waals surface area (Å²) < 4.78 is 0. The first-order chi connectivity index (χ1) is 4.45. The lowest BCUT2D eigenvalue weighted by Crippen LogP contribution is -2.36. The van der Waals surface area contributed by atoms with Crippen LogP contribution in [-0.4, -0.2) is 31.3 Å².